The van der Waals surface area contributed by atoms with Crippen molar-refractivity contribution in [3.05, 3.63) is 41.2 Å². The third kappa shape index (κ3) is 4.04. The summed E-state index contributed by atoms with van der Waals surface area (Å²) in [6, 6.07) is 6.10. The Morgan fingerprint density at radius 2 is 2.35 bits per heavy atom. The number of ether oxygens (including phenoxy) is 1. The van der Waals surface area contributed by atoms with Crippen LogP contribution in [-0.4, -0.2) is 40.6 Å². The monoisotopic (exact) mass is 355 g/mol. The van der Waals surface area contributed by atoms with Crippen molar-refractivity contribution in [2.24, 2.45) is 5.92 Å². The Hall–Kier alpha value is -2.41. The van der Waals surface area contributed by atoms with Crippen LogP contribution < -0.4 is 15.4 Å². The zero-order valence-electron chi connectivity index (χ0n) is 14.9. The van der Waals surface area contributed by atoms with Gasteiger partial charge in [0.15, 0.2) is 5.69 Å². The van der Waals surface area contributed by atoms with E-state index in [0.29, 0.717) is 18.2 Å². The molecule has 0 unspecified atom stereocenters. The van der Waals surface area contributed by atoms with Crippen molar-refractivity contribution >= 4 is 5.91 Å². The second-order valence-electron chi connectivity index (χ2n) is 7.11. The van der Waals surface area contributed by atoms with Crippen LogP contribution in [0.2, 0.25) is 0 Å². The van der Waals surface area contributed by atoms with Gasteiger partial charge >= 0.3 is 0 Å². The van der Waals surface area contributed by atoms with Crippen molar-refractivity contribution in [3.63, 3.8) is 0 Å². The highest BCUT2D eigenvalue weighted by Crippen LogP contribution is 2.25. The molecule has 0 bridgehead atoms. The van der Waals surface area contributed by atoms with Crippen molar-refractivity contribution in [2.75, 3.05) is 19.7 Å². The smallest absolute Gasteiger partial charge is 0.273 e. The Morgan fingerprint density at radius 1 is 1.38 bits per heavy atom. The molecule has 3 heterocycles. The molecule has 2 N–H and O–H groups in total. The number of hydrogen-bond acceptors (Lipinski definition) is 5. The number of benzene rings is 1. The van der Waals surface area contributed by atoms with E-state index >= 15 is 0 Å². The Balaban J connectivity index is 1.32. The first-order valence-electron chi connectivity index (χ1n) is 9.41. The second-order valence-corrected chi connectivity index (χ2v) is 7.11. The fourth-order valence-electron chi connectivity index (χ4n) is 3.63. The van der Waals surface area contributed by atoms with Crippen LogP contribution in [0, 0.1) is 5.92 Å². The molecule has 2 aromatic rings. The first kappa shape index (κ1) is 17.0. The van der Waals surface area contributed by atoms with Gasteiger partial charge in [-0.25, -0.2) is 0 Å². The van der Waals surface area contributed by atoms with E-state index in [1.54, 1.807) is 10.9 Å². The molecule has 0 radical (unpaired) electrons. The van der Waals surface area contributed by atoms with Gasteiger partial charge in [-0.2, -0.15) is 0 Å². The van der Waals surface area contributed by atoms with Gasteiger partial charge in [0.25, 0.3) is 5.91 Å². The number of hydrogen-bond donors (Lipinski definition) is 2. The number of carbonyl (C=O) groups is 1. The SMILES string of the molecule is O=C(NCc1ccc2c(c1)CCCO2)c1cn(C[C@H]2CCCNC2)nn1. The third-order valence-corrected chi connectivity index (χ3v) is 5.04. The summed E-state index contributed by atoms with van der Waals surface area (Å²) < 4.78 is 7.41. The highest BCUT2D eigenvalue weighted by Gasteiger charge is 2.16. The molecule has 1 fully saturated rings. The van der Waals surface area contributed by atoms with Crippen molar-refractivity contribution in [2.45, 2.75) is 38.8 Å². The van der Waals surface area contributed by atoms with Crippen molar-refractivity contribution in [1.82, 2.24) is 25.6 Å². The van der Waals surface area contributed by atoms with Crippen LogP contribution >= 0.6 is 0 Å². The van der Waals surface area contributed by atoms with Crippen molar-refractivity contribution in [3.8, 4) is 5.75 Å². The van der Waals surface area contributed by atoms with Crippen molar-refractivity contribution in [1.29, 1.82) is 0 Å². The highest BCUT2D eigenvalue weighted by molar-refractivity contribution is 5.91. The number of rotatable bonds is 5. The molecule has 2 aliphatic heterocycles. The fraction of sp³-hybridized carbons (Fsp3) is 0.526. The lowest BCUT2D eigenvalue weighted by Gasteiger charge is -2.22. The molecule has 26 heavy (non-hydrogen) atoms. The molecule has 7 heteroatoms. The molecule has 2 aliphatic rings. The lowest BCUT2D eigenvalue weighted by Crippen LogP contribution is -2.32. The number of aryl methyl sites for hydroxylation is 1. The average Bonchev–Trinajstić information content (AvgIpc) is 3.15. The number of aromatic nitrogens is 3. The summed E-state index contributed by atoms with van der Waals surface area (Å²) in [6.45, 7) is 4.17. The van der Waals surface area contributed by atoms with Crippen molar-refractivity contribution < 1.29 is 9.53 Å². The van der Waals surface area contributed by atoms with E-state index in [1.807, 2.05) is 12.1 Å². The van der Waals surface area contributed by atoms with E-state index < -0.39 is 0 Å². The maximum Gasteiger partial charge on any atom is 0.273 e. The molecule has 1 saturated heterocycles. The largest absolute Gasteiger partial charge is 0.493 e. The second kappa shape index (κ2) is 7.86. The maximum absolute atomic E-state index is 12.3. The first-order valence-corrected chi connectivity index (χ1v) is 9.41. The number of nitrogens with one attached hydrogen (secondary N) is 2. The zero-order valence-corrected chi connectivity index (χ0v) is 14.9. The maximum atomic E-state index is 12.3. The first-order chi connectivity index (χ1) is 12.8. The van der Waals surface area contributed by atoms with E-state index in [0.717, 1.165) is 50.4 Å². The fourth-order valence-corrected chi connectivity index (χ4v) is 3.63. The lowest BCUT2D eigenvalue weighted by atomic mass is 10.00. The molecule has 1 atom stereocenters. The van der Waals surface area contributed by atoms with Crippen LogP contribution in [0.5, 0.6) is 5.75 Å². The molecule has 1 aromatic heterocycles. The van der Waals surface area contributed by atoms with E-state index in [9.17, 15) is 4.79 Å². The Kier molecular flexibility index (Phi) is 5.15. The predicted molar refractivity (Wildman–Crippen MR) is 97.0 cm³/mol. The van der Waals surface area contributed by atoms with Gasteiger partial charge in [-0.05, 0) is 61.9 Å². The minimum atomic E-state index is -0.188. The molecule has 1 aromatic carbocycles. The van der Waals surface area contributed by atoms with Gasteiger partial charge in [-0.15, -0.1) is 5.10 Å². The molecule has 0 aliphatic carbocycles. The standard InChI is InChI=1S/C19H25N5O2/c25-19(17-13-24(23-22-17)12-15-3-1-7-20-10-15)21-11-14-5-6-18-16(9-14)4-2-8-26-18/h5-6,9,13,15,20H,1-4,7-8,10-12H2,(H,21,25)/t15-/m0/s1. The van der Waals surface area contributed by atoms with Gasteiger partial charge in [0.2, 0.25) is 0 Å². The molecule has 138 valence electrons. The summed E-state index contributed by atoms with van der Waals surface area (Å²) in [5, 5.41) is 14.5. The minimum Gasteiger partial charge on any atom is -0.493 e. The number of piperidine rings is 1. The summed E-state index contributed by atoms with van der Waals surface area (Å²) >= 11 is 0. The topological polar surface area (TPSA) is 81.1 Å². The highest BCUT2D eigenvalue weighted by atomic mass is 16.5. The van der Waals surface area contributed by atoms with Gasteiger partial charge in [-0.1, -0.05) is 17.3 Å². The Bertz CT molecular complexity index is 767. The van der Waals surface area contributed by atoms with Crippen LogP contribution in [0.15, 0.2) is 24.4 Å². The third-order valence-electron chi connectivity index (χ3n) is 5.04. The Labute approximate surface area is 153 Å². The summed E-state index contributed by atoms with van der Waals surface area (Å²) in [5.74, 6) is 1.33. The van der Waals surface area contributed by atoms with Gasteiger partial charge < -0.3 is 15.4 Å². The molecule has 7 nitrogen and oxygen atoms in total. The summed E-state index contributed by atoms with van der Waals surface area (Å²) in [7, 11) is 0. The van der Waals surface area contributed by atoms with Crippen LogP contribution in [0.1, 0.15) is 40.9 Å². The van der Waals surface area contributed by atoms with E-state index in [1.165, 1.54) is 18.4 Å². The quantitative estimate of drug-likeness (QED) is 0.850. The van der Waals surface area contributed by atoms with Gasteiger partial charge in [0, 0.05) is 13.1 Å². The number of amides is 1. The molecular formula is C19H25N5O2. The van der Waals surface area contributed by atoms with Crippen LogP contribution in [0.4, 0.5) is 0 Å². The van der Waals surface area contributed by atoms with Gasteiger partial charge in [0.1, 0.15) is 5.75 Å². The van der Waals surface area contributed by atoms with E-state index in [2.05, 4.69) is 27.0 Å². The van der Waals surface area contributed by atoms with Gasteiger partial charge in [-0.3, -0.25) is 9.48 Å². The number of carbonyl (C=O) groups excluding carboxylic acids is 1. The van der Waals surface area contributed by atoms with Crippen LogP contribution in [-0.2, 0) is 19.5 Å². The molecule has 4 rings (SSSR count). The molecule has 0 saturated carbocycles. The molecule has 0 spiro atoms. The summed E-state index contributed by atoms with van der Waals surface area (Å²) in [5.41, 5.74) is 2.66. The van der Waals surface area contributed by atoms with Crippen LogP contribution in [0.25, 0.3) is 0 Å². The average molecular weight is 355 g/mol. The lowest BCUT2D eigenvalue weighted by molar-refractivity contribution is 0.0946. The van der Waals surface area contributed by atoms with Crippen LogP contribution in [0.3, 0.4) is 0 Å². The number of nitrogens with zero attached hydrogens (tertiary/aromatic N) is 3. The summed E-state index contributed by atoms with van der Waals surface area (Å²) in [4.78, 5) is 12.3. The zero-order chi connectivity index (χ0) is 17.8. The summed E-state index contributed by atoms with van der Waals surface area (Å²) in [6.07, 6.45) is 6.20. The molecular weight excluding hydrogens is 330 g/mol. The molecule has 1 amide bonds. The van der Waals surface area contributed by atoms with Gasteiger partial charge in [0.05, 0.1) is 12.8 Å². The predicted octanol–water partition coefficient (Wildman–Crippen LogP) is 1.53. The minimum absolute atomic E-state index is 0.188. The number of fused-ring (bicyclic) bond motifs is 1. The van der Waals surface area contributed by atoms with E-state index in [4.69, 9.17) is 4.74 Å². The normalized spacial score (nSPS) is 19.5. The van der Waals surface area contributed by atoms with E-state index in [-0.39, 0.29) is 5.91 Å². The Morgan fingerprint density at radius 3 is 3.23 bits per heavy atom.